The zero-order valence-corrected chi connectivity index (χ0v) is 8.30. The highest BCUT2D eigenvalue weighted by molar-refractivity contribution is 5.57. The van der Waals surface area contributed by atoms with E-state index >= 15 is 0 Å². The minimum Gasteiger partial charge on any atom is -0.330 e. The highest BCUT2D eigenvalue weighted by Crippen LogP contribution is 2.15. The molecule has 0 aliphatic heterocycles. The Bertz CT molecular complexity index is 428. The van der Waals surface area contributed by atoms with Gasteiger partial charge in [0.1, 0.15) is 6.33 Å². The van der Waals surface area contributed by atoms with Crippen molar-refractivity contribution in [2.45, 2.75) is 6.42 Å². The second-order valence-corrected chi connectivity index (χ2v) is 3.17. The Morgan fingerprint density at radius 2 is 1.93 bits per heavy atom. The van der Waals surface area contributed by atoms with E-state index < -0.39 is 0 Å². The molecule has 0 aliphatic rings. The van der Waals surface area contributed by atoms with Gasteiger partial charge in [0.05, 0.1) is 5.69 Å². The van der Waals surface area contributed by atoms with Crippen LogP contribution in [0.1, 0.15) is 5.69 Å². The van der Waals surface area contributed by atoms with Crippen LogP contribution >= 0.6 is 0 Å². The van der Waals surface area contributed by atoms with Crippen LogP contribution in [0.25, 0.3) is 11.3 Å². The van der Waals surface area contributed by atoms with E-state index in [0.29, 0.717) is 6.54 Å². The first-order valence-corrected chi connectivity index (χ1v) is 4.81. The van der Waals surface area contributed by atoms with Crippen molar-refractivity contribution in [2.24, 2.45) is 5.73 Å². The molecule has 0 saturated heterocycles. The average molecular weight is 200 g/mol. The minimum atomic E-state index is 0.604. The lowest BCUT2D eigenvalue weighted by atomic mass is 10.1. The summed E-state index contributed by atoms with van der Waals surface area (Å²) < 4.78 is 0. The number of pyridine rings is 1. The average Bonchev–Trinajstić information content (AvgIpc) is 2.31. The summed E-state index contributed by atoms with van der Waals surface area (Å²) in [6, 6.07) is 5.81. The molecule has 4 nitrogen and oxygen atoms in total. The number of rotatable bonds is 3. The highest BCUT2D eigenvalue weighted by atomic mass is 14.8. The van der Waals surface area contributed by atoms with Crippen molar-refractivity contribution in [1.82, 2.24) is 15.0 Å². The van der Waals surface area contributed by atoms with Gasteiger partial charge >= 0.3 is 0 Å². The Balaban J connectivity index is 2.33. The van der Waals surface area contributed by atoms with E-state index in [0.717, 1.165) is 23.4 Å². The lowest BCUT2D eigenvalue weighted by molar-refractivity contribution is 0.911. The molecule has 2 N–H and O–H groups in total. The first kappa shape index (κ1) is 9.73. The number of nitrogens with zero attached hydrogens (tertiary/aromatic N) is 3. The maximum Gasteiger partial charge on any atom is 0.116 e. The largest absolute Gasteiger partial charge is 0.330 e. The van der Waals surface area contributed by atoms with Crippen molar-refractivity contribution in [3.05, 3.63) is 42.6 Å². The van der Waals surface area contributed by atoms with Crippen LogP contribution in [0.5, 0.6) is 0 Å². The van der Waals surface area contributed by atoms with Crippen molar-refractivity contribution in [3.8, 4) is 11.3 Å². The Morgan fingerprint density at radius 3 is 2.67 bits per heavy atom. The lowest BCUT2D eigenvalue weighted by Gasteiger charge is -2.02. The van der Waals surface area contributed by atoms with Gasteiger partial charge in [-0.05, 0) is 24.7 Å². The molecule has 76 valence electrons. The van der Waals surface area contributed by atoms with Crippen molar-refractivity contribution in [1.29, 1.82) is 0 Å². The topological polar surface area (TPSA) is 64.7 Å². The van der Waals surface area contributed by atoms with Gasteiger partial charge < -0.3 is 5.73 Å². The molecular formula is C11H12N4. The van der Waals surface area contributed by atoms with E-state index in [1.54, 1.807) is 18.7 Å². The van der Waals surface area contributed by atoms with Gasteiger partial charge in [0.25, 0.3) is 0 Å². The molecule has 2 rings (SSSR count). The van der Waals surface area contributed by atoms with Crippen molar-refractivity contribution >= 4 is 0 Å². The van der Waals surface area contributed by atoms with Gasteiger partial charge in [0.15, 0.2) is 0 Å². The monoisotopic (exact) mass is 200 g/mol. The second kappa shape index (κ2) is 4.61. The van der Waals surface area contributed by atoms with E-state index in [9.17, 15) is 0 Å². The van der Waals surface area contributed by atoms with Crippen LogP contribution in [0.2, 0.25) is 0 Å². The molecule has 2 heterocycles. The standard InChI is InChI=1S/C11H12N4/c12-4-1-10-7-11(15-8-14-10)9-2-5-13-6-3-9/h2-3,5-8H,1,4,12H2. The Kier molecular flexibility index (Phi) is 2.99. The van der Waals surface area contributed by atoms with Gasteiger partial charge in [-0.25, -0.2) is 9.97 Å². The minimum absolute atomic E-state index is 0.604. The quantitative estimate of drug-likeness (QED) is 0.804. The fourth-order valence-electron chi connectivity index (χ4n) is 1.36. The maximum atomic E-state index is 5.48. The fraction of sp³-hybridized carbons (Fsp3) is 0.182. The number of nitrogens with two attached hydrogens (primary N) is 1. The highest BCUT2D eigenvalue weighted by Gasteiger charge is 2.00. The van der Waals surface area contributed by atoms with Crippen molar-refractivity contribution in [3.63, 3.8) is 0 Å². The normalized spacial score (nSPS) is 10.2. The zero-order valence-electron chi connectivity index (χ0n) is 8.30. The van der Waals surface area contributed by atoms with E-state index in [-0.39, 0.29) is 0 Å². The fourth-order valence-corrected chi connectivity index (χ4v) is 1.36. The van der Waals surface area contributed by atoms with Gasteiger partial charge in [-0.3, -0.25) is 4.98 Å². The molecule has 2 aromatic heterocycles. The van der Waals surface area contributed by atoms with Gasteiger partial charge in [0.2, 0.25) is 0 Å². The number of aromatic nitrogens is 3. The summed E-state index contributed by atoms with van der Waals surface area (Å²) in [7, 11) is 0. The molecule has 15 heavy (non-hydrogen) atoms. The molecule has 0 aliphatic carbocycles. The summed E-state index contributed by atoms with van der Waals surface area (Å²) >= 11 is 0. The Morgan fingerprint density at radius 1 is 1.13 bits per heavy atom. The van der Waals surface area contributed by atoms with Crippen LogP contribution < -0.4 is 5.73 Å². The summed E-state index contributed by atoms with van der Waals surface area (Å²) in [5.74, 6) is 0. The molecule has 0 unspecified atom stereocenters. The van der Waals surface area contributed by atoms with Crippen LogP contribution in [0, 0.1) is 0 Å². The summed E-state index contributed by atoms with van der Waals surface area (Å²) in [4.78, 5) is 12.3. The third-order valence-electron chi connectivity index (χ3n) is 2.10. The molecule has 4 heteroatoms. The summed E-state index contributed by atoms with van der Waals surface area (Å²) in [5, 5.41) is 0. The predicted molar refractivity (Wildman–Crippen MR) is 58.0 cm³/mol. The summed E-state index contributed by atoms with van der Waals surface area (Å²) in [6.45, 7) is 0.604. The Labute approximate surface area is 88.2 Å². The molecule has 0 radical (unpaired) electrons. The van der Waals surface area contributed by atoms with Gasteiger partial charge in [-0.2, -0.15) is 0 Å². The van der Waals surface area contributed by atoms with E-state index in [1.165, 1.54) is 0 Å². The van der Waals surface area contributed by atoms with E-state index in [1.807, 2.05) is 18.2 Å². The van der Waals surface area contributed by atoms with E-state index in [2.05, 4.69) is 15.0 Å². The van der Waals surface area contributed by atoms with Crippen LogP contribution in [-0.2, 0) is 6.42 Å². The SMILES string of the molecule is NCCc1cc(-c2ccncc2)ncn1. The van der Waals surface area contributed by atoms with Crippen LogP contribution in [0.3, 0.4) is 0 Å². The van der Waals surface area contributed by atoms with Crippen LogP contribution in [0.4, 0.5) is 0 Å². The zero-order chi connectivity index (χ0) is 10.5. The number of hydrogen-bond acceptors (Lipinski definition) is 4. The van der Waals surface area contributed by atoms with E-state index in [4.69, 9.17) is 5.73 Å². The molecule has 0 saturated carbocycles. The van der Waals surface area contributed by atoms with Crippen molar-refractivity contribution < 1.29 is 0 Å². The third-order valence-corrected chi connectivity index (χ3v) is 2.10. The molecule has 0 spiro atoms. The van der Waals surface area contributed by atoms with Gasteiger partial charge in [-0.1, -0.05) is 0 Å². The van der Waals surface area contributed by atoms with Gasteiger partial charge in [-0.15, -0.1) is 0 Å². The molecule has 0 bridgehead atoms. The number of hydrogen-bond donors (Lipinski definition) is 1. The molecule has 0 fully saturated rings. The maximum absolute atomic E-state index is 5.48. The first-order valence-electron chi connectivity index (χ1n) is 4.81. The van der Waals surface area contributed by atoms with Crippen LogP contribution in [-0.4, -0.2) is 21.5 Å². The summed E-state index contributed by atoms with van der Waals surface area (Å²) in [6.07, 6.45) is 5.85. The first-order chi connectivity index (χ1) is 7.40. The predicted octanol–water partition coefficient (Wildman–Crippen LogP) is 1.04. The molecule has 0 aromatic carbocycles. The van der Waals surface area contributed by atoms with Gasteiger partial charge in [0, 0.05) is 30.1 Å². The van der Waals surface area contributed by atoms with Crippen molar-refractivity contribution in [2.75, 3.05) is 6.54 Å². The smallest absolute Gasteiger partial charge is 0.116 e. The molecule has 2 aromatic rings. The second-order valence-electron chi connectivity index (χ2n) is 3.17. The lowest BCUT2D eigenvalue weighted by Crippen LogP contribution is -2.04. The third kappa shape index (κ3) is 2.35. The Hall–Kier alpha value is -1.81. The molecular weight excluding hydrogens is 188 g/mol. The van der Waals surface area contributed by atoms with Crippen LogP contribution in [0.15, 0.2) is 36.9 Å². The molecule has 0 amide bonds. The summed E-state index contributed by atoms with van der Waals surface area (Å²) in [5.41, 5.74) is 8.41. The molecule has 0 atom stereocenters.